The molecule has 0 aliphatic heterocycles. The lowest BCUT2D eigenvalue weighted by atomic mass is 9.86. The van der Waals surface area contributed by atoms with Gasteiger partial charge in [0.05, 0.1) is 19.4 Å². The lowest BCUT2D eigenvalue weighted by molar-refractivity contribution is 0.0945. The molecule has 1 fully saturated rings. The molecule has 3 N–H and O–H groups in total. The quantitative estimate of drug-likeness (QED) is 0.325. The minimum atomic E-state index is -3.20. The van der Waals surface area contributed by atoms with Gasteiger partial charge in [-0.2, -0.15) is 4.80 Å². The van der Waals surface area contributed by atoms with Gasteiger partial charge in [0.15, 0.2) is 0 Å². The summed E-state index contributed by atoms with van der Waals surface area (Å²) in [6.07, 6.45) is 4.49. The average molecular weight is 544 g/mol. The third kappa shape index (κ3) is 8.04. The van der Waals surface area contributed by atoms with Crippen molar-refractivity contribution in [1.82, 2.24) is 35.2 Å². The molecule has 1 aromatic carbocycles. The van der Waals surface area contributed by atoms with Crippen LogP contribution in [-0.4, -0.2) is 70.1 Å². The number of sulfonamides is 1. The number of aromatic nitrogens is 5. The molecular formula is C25H33N7O5S. The van der Waals surface area contributed by atoms with E-state index in [4.69, 9.17) is 9.84 Å². The number of hydrogen-bond donors (Lipinski definition) is 3. The summed E-state index contributed by atoms with van der Waals surface area (Å²) in [5.74, 6) is 1.03. The van der Waals surface area contributed by atoms with E-state index in [1.165, 1.54) is 6.26 Å². The number of tetrazole rings is 1. The molecule has 1 saturated carbocycles. The second kappa shape index (κ2) is 12.4. The van der Waals surface area contributed by atoms with Crippen LogP contribution < -0.4 is 14.8 Å². The molecular weight excluding hydrogens is 510 g/mol. The van der Waals surface area contributed by atoms with Crippen molar-refractivity contribution >= 4 is 15.9 Å². The molecule has 0 unspecified atom stereocenters. The fourth-order valence-electron chi connectivity index (χ4n) is 4.53. The molecule has 204 valence electrons. The number of aliphatic hydroxyl groups excluding tert-OH is 1. The van der Waals surface area contributed by atoms with Gasteiger partial charge in [-0.25, -0.2) is 18.1 Å². The Bertz CT molecular complexity index is 1350. The molecule has 0 atom stereocenters. The smallest absolute Gasteiger partial charge is 0.270 e. The van der Waals surface area contributed by atoms with Crippen molar-refractivity contribution in [3.05, 3.63) is 53.3 Å². The standard InChI is InChI=1S/C25H33N7O5S/c1-17-12-20(14-23(27-17)25(34)26-15-19-4-3-5-22(13-19)37-11-10-33)24-28-31-32(29-24)16-18-6-8-21(9-7-18)30-38(2,35)36/h3-5,12-14,18,21,30,33H,6-11,15-16H2,1-2H3,(H,26,34)/t18-,21-. The maximum Gasteiger partial charge on any atom is 0.270 e. The number of aryl methyl sites for hydroxylation is 1. The number of nitrogens with zero attached hydrogens (tertiary/aromatic N) is 5. The van der Waals surface area contributed by atoms with Crippen molar-refractivity contribution in [3.8, 4) is 17.1 Å². The van der Waals surface area contributed by atoms with Crippen LogP contribution >= 0.6 is 0 Å². The lowest BCUT2D eigenvalue weighted by Crippen LogP contribution is -2.37. The summed E-state index contributed by atoms with van der Waals surface area (Å²) >= 11 is 0. The molecule has 1 aliphatic carbocycles. The first-order valence-electron chi connectivity index (χ1n) is 12.5. The van der Waals surface area contributed by atoms with Crippen LogP contribution in [0.5, 0.6) is 5.75 Å². The molecule has 0 bridgehead atoms. The van der Waals surface area contributed by atoms with Gasteiger partial charge in [0.25, 0.3) is 5.91 Å². The molecule has 2 heterocycles. The Kier molecular flexibility index (Phi) is 9.02. The average Bonchev–Trinajstić information content (AvgIpc) is 3.35. The van der Waals surface area contributed by atoms with E-state index in [1.54, 1.807) is 23.9 Å². The van der Waals surface area contributed by atoms with Crippen molar-refractivity contribution in [2.45, 2.75) is 51.7 Å². The summed E-state index contributed by atoms with van der Waals surface area (Å²) in [6.45, 7) is 2.81. The van der Waals surface area contributed by atoms with Gasteiger partial charge in [0.2, 0.25) is 15.8 Å². The van der Waals surface area contributed by atoms with E-state index in [0.29, 0.717) is 35.3 Å². The van der Waals surface area contributed by atoms with Crippen molar-refractivity contribution in [1.29, 1.82) is 0 Å². The van der Waals surface area contributed by atoms with Gasteiger partial charge in [-0.05, 0) is 73.6 Å². The fraction of sp³-hybridized carbons (Fsp3) is 0.480. The topological polar surface area (TPSA) is 161 Å². The van der Waals surface area contributed by atoms with Crippen LogP contribution in [0, 0.1) is 12.8 Å². The van der Waals surface area contributed by atoms with E-state index in [2.05, 4.69) is 30.4 Å². The van der Waals surface area contributed by atoms with E-state index in [1.807, 2.05) is 24.3 Å². The number of amides is 1. The normalized spacial score (nSPS) is 17.8. The Labute approximate surface area is 221 Å². The highest BCUT2D eigenvalue weighted by molar-refractivity contribution is 7.88. The summed E-state index contributed by atoms with van der Waals surface area (Å²) in [7, 11) is -3.20. The summed E-state index contributed by atoms with van der Waals surface area (Å²) in [4.78, 5) is 18.8. The zero-order chi connectivity index (χ0) is 27.1. The van der Waals surface area contributed by atoms with Gasteiger partial charge >= 0.3 is 0 Å². The fourth-order valence-corrected chi connectivity index (χ4v) is 5.37. The first-order chi connectivity index (χ1) is 18.2. The van der Waals surface area contributed by atoms with Crippen LogP contribution in [0.3, 0.4) is 0 Å². The Morgan fingerprint density at radius 3 is 2.71 bits per heavy atom. The predicted octanol–water partition coefficient (Wildman–Crippen LogP) is 1.45. The maximum atomic E-state index is 12.8. The molecule has 0 spiro atoms. The van der Waals surface area contributed by atoms with Crippen molar-refractivity contribution in [3.63, 3.8) is 0 Å². The van der Waals surface area contributed by atoms with Crippen LogP contribution in [-0.2, 0) is 23.1 Å². The van der Waals surface area contributed by atoms with Crippen LogP contribution in [0.15, 0.2) is 36.4 Å². The van der Waals surface area contributed by atoms with Crippen LogP contribution in [0.2, 0.25) is 0 Å². The molecule has 0 saturated heterocycles. The molecule has 38 heavy (non-hydrogen) atoms. The zero-order valence-electron chi connectivity index (χ0n) is 21.5. The number of ether oxygens (including phenoxy) is 1. The number of hydrogen-bond acceptors (Lipinski definition) is 9. The number of rotatable bonds is 11. The second-order valence-electron chi connectivity index (χ2n) is 9.56. The molecule has 12 nitrogen and oxygen atoms in total. The number of aliphatic hydroxyl groups is 1. The molecule has 3 aromatic rings. The van der Waals surface area contributed by atoms with Gasteiger partial charge in [0, 0.05) is 23.8 Å². The third-order valence-electron chi connectivity index (χ3n) is 6.26. The van der Waals surface area contributed by atoms with E-state index in [-0.39, 0.29) is 37.4 Å². The predicted molar refractivity (Wildman–Crippen MR) is 140 cm³/mol. The van der Waals surface area contributed by atoms with Crippen molar-refractivity contribution < 1.29 is 23.1 Å². The van der Waals surface area contributed by atoms with Crippen LogP contribution in [0.25, 0.3) is 11.4 Å². The number of benzene rings is 1. The van der Waals surface area contributed by atoms with E-state index in [0.717, 1.165) is 31.2 Å². The highest BCUT2D eigenvalue weighted by atomic mass is 32.2. The molecule has 1 amide bonds. The summed E-state index contributed by atoms with van der Waals surface area (Å²) in [5, 5.41) is 24.7. The molecule has 0 radical (unpaired) electrons. The van der Waals surface area contributed by atoms with Gasteiger partial charge in [-0.15, -0.1) is 10.2 Å². The summed E-state index contributed by atoms with van der Waals surface area (Å²) < 4.78 is 31.0. The number of carbonyl (C=O) groups excluding carboxylic acids is 1. The SMILES string of the molecule is Cc1cc(-c2nnn(C[C@H]3CC[C@H](NS(C)(=O)=O)CC3)n2)cc(C(=O)NCc2cccc(OCCO)c2)n1. The maximum absolute atomic E-state index is 12.8. The van der Waals surface area contributed by atoms with Gasteiger partial charge in [-0.3, -0.25) is 4.79 Å². The highest BCUT2D eigenvalue weighted by Crippen LogP contribution is 2.26. The Balaban J connectivity index is 1.35. The number of nitrogens with one attached hydrogen (secondary N) is 2. The molecule has 13 heteroatoms. The van der Waals surface area contributed by atoms with E-state index < -0.39 is 10.0 Å². The minimum Gasteiger partial charge on any atom is -0.491 e. The molecule has 1 aliphatic rings. The Hall–Kier alpha value is -3.42. The molecule has 2 aromatic heterocycles. The van der Waals surface area contributed by atoms with E-state index in [9.17, 15) is 13.2 Å². The zero-order valence-corrected chi connectivity index (χ0v) is 22.3. The second-order valence-corrected chi connectivity index (χ2v) is 11.3. The molecule has 4 rings (SSSR count). The lowest BCUT2D eigenvalue weighted by Gasteiger charge is -2.27. The number of carbonyl (C=O) groups is 1. The van der Waals surface area contributed by atoms with Crippen LogP contribution in [0.1, 0.15) is 47.4 Å². The first kappa shape index (κ1) is 27.6. The Morgan fingerprint density at radius 1 is 1.18 bits per heavy atom. The monoisotopic (exact) mass is 543 g/mol. The Morgan fingerprint density at radius 2 is 1.97 bits per heavy atom. The minimum absolute atomic E-state index is 0.0200. The number of pyridine rings is 1. The van der Waals surface area contributed by atoms with Gasteiger partial charge in [-0.1, -0.05) is 12.1 Å². The highest BCUT2D eigenvalue weighted by Gasteiger charge is 2.24. The van der Waals surface area contributed by atoms with Crippen molar-refractivity contribution in [2.75, 3.05) is 19.5 Å². The van der Waals surface area contributed by atoms with E-state index >= 15 is 0 Å². The largest absolute Gasteiger partial charge is 0.491 e. The van der Waals surface area contributed by atoms with Crippen LogP contribution in [0.4, 0.5) is 0 Å². The summed E-state index contributed by atoms with van der Waals surface area (Å²) in [5.41, 5.74) is 2.41. The first-order valence-corrected chi connectivity index (χ1v) is 14.4. The third-order valence-corrected chi connectivity index (χ3v) is 7.02. The van der Waals surface area contributed by atoms with Gasteiger partial charge < -0.3 is 15.2 Å². The van der Waals surface area contributed by atoms with Crippen molar-refractivity contribution in [2.24, 2.45) is 5.92 Å². The van der Waals surface area contributed by atoms with Gasteiger partial charge in [0.1, 0.15) is 18.1 Å². The summed E-state index contributed by atoms with van der Waals surface area (Å²) in [6, 6.07) is 10.7.